The number of rotatable bonds is 5. The largest absolute Gasteiger partial charge is 0.492 e. The quantitative estimate of drug-likeness (QED) is 0.810. The van der Waals surface area contributed by atoms with Gasteiger partial charge in [-0.3, -0.25) is 0 Å². The number of ether oxygens (including phenoxy) is 1. The van der Waals surface area contributed by atoms with Crippen LogP contribution in [0, 0.1) is 6.92 Å². The molecule has 0 atom stereocenters. The van der Waals surface area contributed by atoms with E-state index in [0.717, 1.165) is 23.8 Å². The van der Waals surface area contributed by atoms with Crippen LogP contribution < -0.4 is 9.64 Å². The van der Waals surface area contributed by atoms with E-state index in [1.807, 2.05) is 51.6 Å². The lowest BCUT2D eigenvalue weighted by Gasteiger charge is -2.14. The summed E-state index contributed by atoms with van der Waals surface area (Å²) in [6, 6.07) is 8.09. The smallest absolute Gasteiger partial charge is 0.121 e. The molecular formula is C14H19N3O. The van der Waals surface area contributed by atoms with E-state index in [-0.39, 0.29) is 0 Å². The van der Waals surface area contributed by atoms with Crippen LogP contribution in [-0.4, -0.2) is 30.3 Å². The number of benzene rings is 1. The molecule has 2 rings (SSSR count). The lowest BCUT2D eigenvalue weighted by atomic mass is 10.3. The van der Waals surface area contributed by atoms with Gasteiger partial charge in [0.15, 0.2) is 0 Å². The van der Waals surface area contributed by atoms with Gasteiger partial charge in [0.2, 0.25) is 0 Å². The molecule has 1 heterocycles. The van der Waals surface area contributed by atoms with Gasteiger partial charge >= 0.3 is 0 Å². The number of anilines is 1. The molecule has 0 unspecified atom stereocenters. The molecule has 0 amide bonds. The van der Waals surface area contributed by atoms with E-state index in [2.05, 4.69) is 20.5 Å². The topological polar surface area (TPSA) is 30.3 Å². The number of aromatic nitrogens is 2. The number of aryl methyl sites for hydroxylation is 1. The second-order valence-electron chi connectivity index (χ2n) is 4.41. The maximum Gasteiger partial charge on any atom is 0.121 e. The average molecular weight is 245 g/mol. The molecule has 0 bridgehead atoms. The molecular weight excluding hydrogens is 226 g/mol. The highest BCUT2D eigenvalue weighted by molar-refractivity contribution is 5.49. The molecule has 0 fully saturated rings. The van der Waals surface area contributed by atoms with Gasteiger partial charge < -0.3 is 14.2 Å². The van der Waals surface area contributed by atoms with Crippen molar-refractivity contribution in [1.82, 2.24) is 9.55 Å². The third-order valence-electron chi connectivity index (χ3n) is 2.86. The summed E-state index contributed by atoms with van der Waals surface area (Å²) >= 11 is 0. The summed E-state index contributed by atoms with van der Waals surface area (Å²) in [4.78, 5) is 6.24. The Bertz CT molecular complexity index is 505. The monoisotopic (exact) mass is 245 g/mol. The lowest BCUT2D eigenvalue weighted by Crippen LogP contribution is -2.10. The first-order valence-electron chi connectivity index (χ1n) is 6.05. The van der Waals surface area contributed by atoms with Crippen molar-refractivity contribution in [2.45, 2.75) is 13.5 Å². The van der Waals surface area contributed by atoms with E-state index >= 15 is 0 Å². The minimum Gasteiger partial charge on any atom is -0.492 e. The molecule has 4 nitrogen and oxygen atoms in total. The van der Waals surface area contributed by atoms with Gasteiger partial charge in [0.05, 0.1) is 6.54 Å². The predicted octanol–water partition coefficient (Wildman–Crippen LogP) is 2.34. The Labute approximate surface area is 108 Å². The SMILES string of the molecule is Cc1nccn1CCOc1cccc(N(C)C)c1. The minimum atomic E-state index is 0.647. The van der Waals surface area contributed by atoms with Crippen molar-refractivity contribution >= 4 is 5.69 Å². The number of hydrogen-bond acceptors (Lipinski definition) is 3. The van der Waals surface area contributed by atoms with Gasteiger partial charge in [0.25, 0.3) is 0 Å². The van der Waals surface area contributed by atoms with E-state index in [9.17, 15) is 0 Å². The van der Waals surface area contributed by atoms with Crippen LogP contribution >= 0.6 is 0 Å². The molecule has 0 radical (unpaired) electrons. The zero-order chi connectivity index (χ0) is 13.0. The van der Waals surface area contributed by atoms with Crippen molar-refractivity contribution in [3.63, 3.8) is 0 Å². The van der Waals surface area contributed by atoms with Crippen molar-refractivity contribution in [3.8, 4) is 5.75 Å². The summed E-state index contributed by atoms with van der Waals surface area (Å²) in [7, 11) is 4.04. The minimum absolute atomic E-state index is 0.647. The van der Waals surface area contributed by atoms with E-state index in [0.29, 0.717) is 6.61 Å². The third kappa shape index (κ3) is 3.03. The van der Waals surface area contributed by atoms with Gasteiger partial charge in [-0.2, -0.15) is 0 Å². The van der Waals surface area contributed by atoms with Gasteiger partial charge in [0.1, 0.15) is 18.2 Å². The molecule has 0 aliphatic heterocycles. The number of nitrogens with zero attached hydrogens (tertiary/aromatic N) is 3. The molecule has 1 aromatic heterocycles. The first kappa shape index (κ1) is 12.5. The fraction of sp³-hybridized carbons (Fsp3) is 0.357. The summed E-state index contributed by atoms with van der Waals surface area (Å²) in [5.41, 5.74) is 1.14. The Kier molecular flexibility index (Phi) is 3.87. The van der Waals surface area contributed by atoms with Crippen LogP contribution in [0.1, 0.15) is 5.82 Å². The zero-order valence-electron chi connectivity index (χ0n) is 11.1. The molecule has 0 N–H and O–H groups in total. The second-order valence-corrected chi connectivity index (χ2v) is 4.41. The molecule has 0 aliphatic rings. The van der Waals surface area contributed by atoms with Crippen LogP contribution in [0.4, 0.5) is 5.69 Å². The maximum atomic E-state index is 5.75. The molecule has 0 saturated carbocycles. The summed E-state index contributed by atoms with van der Waals surface area (Å²) < 4.78 is 7.83. The van der Waals surface area contributed by atoms with Crippen molar-refractivity contribution in [1.29, 1.82) is 0 Å². The van der Waals surface area contributed by atoms with E-state index in [1.165, 1.54) is 0 Å². The molecule has 0 aliphatic carbocycles. The Hall–Kier alpha value is -1.97. The highest BCUT2D eigenvalue weighted by atomic mass is 16.5. The van der Waals surface area contributed by atoms with Gasteiger partial charge in [-0.15, -0.1) is 0 Å². The second kappa shape index (κ2) is 5.58. The number of imidazole rings is 1. The summed E-state index contributed by atoms with van der Waals surface area (Å²) in [6.07, 6.45) is 3.77. The highest BCUT2D eigenvalue weighted by Gasteiger charge is 2.00. The Morgan fingerprint density at radius 3 is 2.83 bits per heavy atom. The average Bonchev–Trinajstić information content (AvgIpc) is 2.76. The summed E-state index contributed by atoms with van der Waals surface area (Å²) in [5, 5.41) is 0. The van der Waals surface area contributed by atoms with E-state index in [1.54, 1.807) is 0 Å². The molecule has 0 spiro atoms. The van der Waals surface area contributed by atoms with Crippen LogP contribution in [0.5, 0.6) is 5.75 Å². The van der Waals surface area contributed by atoms with Crippen LogP contribution in [0.2, 0.25) is 0 Å². The Balaban J connectivity index is 1.90. The van der Waals surface area contributed by atoms with Crippen LogP contribution in [0.3, 0.4) is 0 Å². The van der Waals surface area contributed by atoms with E-state index in [4.69, 9.17) is 4.74 Å². The van der Waals surface area contributed by atoms with Crippen molar-refractivity contribution in [2.75, 3.05) is 25.6 Å². The molecule has 2 aromatic rings. The Morgan fingerprint density at radius 2 is 2.17 bits per heavy atom. The van der Waals surface area contributed by atoms with Crippen molar-refractivity contribution in [3.05, 3.63) is 42.5 Å². The van der Waals surface area contributed by atoms with Crippen molar-refractivity contribution in [2.24, 2.45) is 0 Å². The van der Waals surface area contributed by atoms with Crippen LogP contribution in [-0.2, 0) is 6.54 Å². The fourth-order valence-electron chi connectivity index (χ4n) is 1.75. The first-order chi connectivity index (χ1) is 8.66. The predicted molar refractivity (Wildman–Crippen MR) is 73.2 cm³/mol. The van der Waals surface area contributed by atoms with Gasteiger partial charge in [-0.1, -0.05) is 6.07 Å². The third-order valence-corrected chi connectivity index (χ3v) is 2.86. The Morgan fingerprint density at radius 1 is 1.33 bits per heavy atom. The fourth-order valence-corrected chi connectivity index (χ4v) is 1.75. The zero-order valence-corrected chi connectivity index (χ0v) is 11.1. The first-order valence-corrected chi connectivity index (χ1v) is 6.05. The normalized spacial score (nSPS) is 10.4. The molecule has 18 heavy (non-hydrogen) atoms. The van der Waals surface area contributed by atoms with Gasteiger partial charge in [0, 0.05) is 38.2 Å². The van der Waals surface area contributed by atoms with Gasteiger partial charge in [-0.25, -0.2) is 4.98 Å². The molecule has 1 aromatic carbocycles. The standard InChI is InChI=1S/C14H19N3O/c1-12-15-7-8-17(12)9-10-18-14-6-4-5-13(11-14)16(2)3/h4-8,11H,9-10H2,1-3H3. The molecule has 96 valence electrons. The highest BCUT2D eigenvalue weighted by Crippen LogP contribution is 2.19. The summed E-state index contributed by atoms with van der Waals surface area (Å²) in [6.45, 7) is 3.46. The van der Waals surface area contributed by atoms with E-state index < -0.39 is 0 Å². The van der Waals surface area contributed by atoms with Crippen LogP contribution in [0.25, 0.3) is 0 Å². The number of hydrogen-bond donors (Lipinski definition) is 0. The molecule has 4 heteroatoms. The lowest BCUT2D eigenvalue weighted by molar-refractivity contribution is 0.297. The van der Waals surface area contributed by atoms with Crippen molar-refractivity contribution < 1.29 is 4.74 Å². The summed E-state index contributed by atoms with van der Waals surface area (Å²) in [5.74, 6) is 1.92. The molecule has 0 saturated heterocycles. The van der Waals surface area contributed by atoms with Gasteiger partial charge in [-0.05, 0) is 19.1 Å². The maximum absolute atomic E-state index is 5.75. The van der Waals surface area contributed by atoms with Crippen LogP contribution in [0.15, 0.2) is 36.7 Å².